The zero-order valence-electron chi connectivity index (χ0n) is 10.9. The molecule has 20 heavy (non-hydrogen) atoms. The Morgan fingerprint density at radius 3 is 2.70 bits per heavy atom. The maximum absolute atomic E-state index is 13.4. The standard InChI is InChI=1S/C15H14BrFN2O/c1-9-2-3-10(4-14(9)17)8-19-15(20)11-5-12(16)7-13(18)6-11/h2-7H,8,18H2,1H3,(H,19,20). The summed E-state index contributed by atoms with van der Waals surface area (Å²) in [6.07, 6.45) is 0. The van der Waals surface area contributed by atoms with Crippen LogP contribution in [0.15, 0.2) is 40.9 Å². The Bertz CT molecular complexity index is 638. The zero-order chi connectivity index (χ0) is 14.7. The summed E-state index contributed by atoms with van der Waals surface area (Å²) in [5.41, 5.74) is 7.94. The molecule has 5 heteroatoms. The molecule has 1 amide bonds. The molecule has 0 atom stereocenters. The quantitative estimate of drug-likeness (QED) is 0.844. The van der Waals surface area contributed by atoms with Gasteiger partial charge >= 0.3 is 0 Å². The molecular formula is C15H14BrFN2O. The topological polar surface area (TPSA) is 55.1 Å². The molecule has 3 N–H and O–H groups in total. The largest absolute Gasteiger partial charge is 0.399 e. The number of aryl methyl sites for hydroxylation is 1. The van der Waals surface area contributed by atoms with E-state index in [-0.39, 0.29) is 18.3 Å². The van der Waals surface area contributed by atoms with Crippen LogP contribution < -0.4 is 11.1 Å². The average molecular weight is 337 g/mol. The van der Waals surface area contributed by atoms with Gasteiger partial charge in [-0.1, -0.05) is 28.1 Å². The van der Waals surface area contributed by atoms with E-state index in [1.54, 1.807) is 37.3 Å². The number of benzene rings is 2. The predicted molar refractivity (Wildman–Crippen MR) is 80.9 cm³/mol. The Hall–Kier alpha value is -1.88. The van der Waals surface area contributed by atoms with E-state index in [2.05, 4.69) is 21.2 Å². The lowest BCUT2D eigenvalue weighted by atomic mass is 10.1. The van der Waals surface area contributed by atoms with Gasteiger partial charge in [-0.05, 0) is 42.3 Å². The zero-order valence-corrected chi connectivity index (χ0v) is 12.5. The maximum atomic E-state index is 13.4. The molecule has 0 aromatic heterocycles. The van der Waals surface area contributed by atoms with Crippen molar-refractivity contribution in [3.05, 3.63) is 63.4 Å². The lowest BCUT2D eigenvalue weighted by Crippen LogP contribution is -2.23. The van der Waals surface area contributed by atoms with E-state index in [0.717, 1.165) is 4.47 Å². The molecule has 3 nitrogen and oxygen atoms in total. The normalized spacial score (nSPS) is 10.3. The van der Waals surface area contributed by atoms with Gasteiger partial charge in [0.15, 0.2) is 0 Å². The number of carbonyl (C=O) groups is 1. The second-order valence-electron chi connectivity index (χ2n) is 4.54. The molecule has 2 rings (SSSR count). The van der Waals surface area contributed by atoms with Crippen LogP contribution in [-0.4, -0.2) is 5.91 Å². The van der Waals surface area contributed by atoms with Gasteiger partial charge in [-0.3, -0.25) is 4.79 Å². The van der Waals surface area contributed by atoms with Crippen molar-refractivity contribution in [2.24, 2.45) is 0 Å². The van der Waals surface area contributed by atoms with E-state index in [4.69, 9.17) is 5.73 Å². The number of hydrogen-bond acceptors (Lipinski definition) is 2. The first-order chi connectivity index (χ1) is 9.45. The Balaban J connectivity index is 2.06. The summed E-state index contributed by atoms with van der Waals surface area (Å²) in [7, 11) is 0. The highest BCUT2D eigenvalue weighted by Gasteiger charge is 2.08. The molecule has 2 aromatic rings. The first kappa shape index (κ1) is 14.5. The van der Waals surface area contributed by atoms with Gasteiger partial charge in [0.05, 0.1) is 0 Å². The van der Waals surface area contributed by atoms with Gasteiger partial charge in [-0.15, -0.1) is 0 Å². The van der Waals surface area contributed by atoms with Crippen LogP contribution in [0.2, 0.25) is 0 Å². The van der Waals surface area contributed by atoms with Crippen molar-refractivity contribution in [1.82, 2.24) is 5.32 Å². The Labute approximate surface area is 125 Å². The average Bonchev–Trinajstić information content (AvgIpc) is 2.38. The van der Waals surface area contributed by atoms with Crippen molar-refractivity contribution in [1.29, 1.82) is 0 Å². The summed E-state index contributed by atoms with van der Waals surface area (Å²) in [6, 6.07) is 9.89. The van der Waals surface area contributed by atoms with Gasteiger partial charge < -0.3 is 11.1 Å². The molecule has 0 aliphatic heterocycles. The van der Waals surface area contributed by atoms with E-state index >= 15 is 0 Å². The lowest BCUT2D eigenvalue weighted by molar-refractivity contribution is 0.0951. The van der Waals surface area contributed by atoms with Gasteiger partial charge in [0.25, 0.3) is 5.91 Å². The molecule has 0 heterocycles. The number of nitrogens with two attached hydrogens (primary N) is 1. The molecule has 0 spiro atoms. The van der Waals surface area contributed by atoms with Crippen LogP contribution in [0.3, 0.4) is 0 Å². The second kappa shape index (κ2) is 6.05. The number of nitrogen functional groups attached to an aromatic ring is 1. The van der Waals surface area contributed by atoms with Crippen molar-refractivity contribution in [3.8, 4) is 0 Å². The van der Waals surface area contributed by atoms with Gasteiger partial charge in [0.1, 0.15) is 5.82 Å². The van der Waals surface area contributed by atoms with Crippen molar-refractivity contribution in [2.45, 2.75) is 13.5 Å². The first-order valence-electron chi connectivity index (χ1n) is 6.05. The first-order valence-corrected chi connectivity index (χ1v) is 6.84. The minimum Gasteiger partial charge on any atom is -0.399 e. The van der Waals surface area contributed by atoms with E-state index in [9.17, 15) is 9.18 Å². The smallest absolute Gasteiger partial charge is 0.251 e. The molecule has 0 aliphatic rings. The second-order valence-corrected chi connectivity index (χ2v) is 5.46. The Kier molecular flexibility index (Phi) is 4.39. The van der Waals surface area contributed by atoms with Crippen molar-refractivity contribution < 1.29 is 9.18 Å². The number of carbonyl (C=O) groups excluding carboxylic acids is 1. The highest BCUT2D eigenvalue weighted by atomic mass is 79.9. The van der Waals surface area contributed by atoms with E-state index < -0.39 is 0 Å². The molecule has 0 saturated heterocycles. The van der Waals surface area contributed by atoms with Crippen LogP contribution in [-0.2, 0) is 6.54 Å². The molecule has 0 fully saturated rings. The maximum Gasteiger partial charge on any atom is 0.251 e. The number of nitrogens with one attached hydrogen (secondary N) is 1. The van der Waals surface area contributed by atoms with Gasteiger partial charge in [-0.2, -0.15) is 0 Å². The number of amides is 1. The highest BCUT2D eigenvalue weighted by molar-refractivity contribution is 9.10. The molecule has 0 saturated carbocycles. The Morgan fingerprint density at radius 1 is 1.30 bits per heavy atom. The van der Waals surface area contributed by atoms with Crippen LogP contribution in [0.25, 0.3) is 0 Å². The third-order valence-corrected chi connectivity index (χ3v) is 3.33. The number of hydrogen-bond donors (Lipinski definition) is 2. The predicted octanol–water partition coefficient (Wildman–Crippen LogP) is 3.41. The summed E-state index contributed by atoms with van der Waals surface area (Å²) in [6.45, 7) is 1.96. The summed E-state index contributed by atoms with van der Waals surface area (Å²) < 4.78 is 14.1. The van der Waals surface area contributed by atoms with E-state index in [0.29, 0.717) is 22.4 Å². The highest BCUT2D eigenvalue weighted by Crippen LogP contribution is 2.17. The fourth-order valence-electron chi connectivity index (χ4n) is 1.77. The third-order valence-electron chi connectivity index (χ3n) is 2.87. The summed E-state index contributed by atoms with van der Waals surface area (Å²) in [5, 5.41) is 2.73. The van der Waals surface area contributed by atoms with Crippen molar-refractivity contribution in [2.75, 3.05) is 5.73 Å². The minimum atomic E-state index is -0.275. The van der Waals surface area contributed by atoms with Gasteiger partial charge in [0.2, 0.25) is 0 Å². The number of anilines is 1. The molecule has 0 radical (unpaired) electrons. The fraction of sp³-hybridized carbons (Fsp3) is 0.133. The summed E-state index contributed by atoms with van der Waals surface area (Å²) in [4.78, 5) is 12.0. The van der Waals surface area contributed by atoms with Crippen LogP contribution in [0.5, 0.6) is 0 Å². The molecular weight excluding hydrogens is 323 g/mol. The molecule has 2 aromatic carbocycles. The monoisotopic (exact) mass is 336 g/mol. The summed E-state index contributed by atoms with van der Waals surface area (Å²) >= 11 is 3.29. The third kappa shape index (κ3) is 3.57. The molecule has 0 bridgehead atoms. The van der Waals surface area contributed by atoms with Gasteiger partial charge in [-0.25, -0.2) is 4.39 Å². The van der Waals surface area contributed by atoms with Crippen molar-refractivity contribution >= 4 is 27.5 Å². The Morgan fingerprint density at radius 2 is 2.05 bits per heavy atom. The SMILES string of the molecule is Cc1ccc(CNC(=O)c2cc(N)cc(Br)c2)cc1F. The number of rotatable bonds is 3. The minimum absolute atomic E-state index is 0.251. The lowest BCUT2D eigenvalue weighted by Gasteiger charge is -2.07. The van der Waals surface area contributed by atoms with E-state index in [1.165, 1.54) is 6.07 Å². The van der Waals surface area contributed by atoms with Crippen molar-refractivity contribution in [3.63, 3.8) is 0 Å². The van der Waals surface area contributed by atoms with E-state index in [1.807, 2.05) is 0 Å². The van der Waals surface area contributed by atoms with Crippen LogP contribution in [0.4, 0.5) is 10.1 Å². The van der Waals surface area contributed by atoms with Crippen LogP contribution in [0.1, 0.15) is 21.5 Å². The van der Waals surface area contributed by atoms with Crippen LogP contribution >= 0.6 is 15.9 Å². The summed E-state index contributed by atoms with van der Waals surface area (Å²) in [5.74, 6) is -0.526. The van der Waals surface area contributed by atoms with Gasteiger partial charge in [0, 0.05) is 22.3 Å². The molecule has 0 aliphatic carbocycles. The fourth-order valence-corrected chi connectivity index (χ4v) is 2.29. The molecule has 0 unspecified atom stereocenters. The van der Waals surface area contributed by atoms with Crippen LogP contribution in [0, 0.1) is 12.7 Å². The number of halogens is 2. The molecule has 104 valence electrons.